The molecule has 9 heteroatoms. The molecule has 1 radical (unpaired) electrons. The third-order valence-electron chi connectivity index (χ3n) is 5.85. The third kappa shape index (κ3) is 5.42. The van der Waals surface area contributed by atoms with Gasteiger partial charge in [0.25, 0.3) is 5.91 Å². The molecule has 2 aliphatic heterocycles. The lowest BCUT2D eigenvalue weighted by Gasteiger charge is -2.26. The zero-order valence-corrected chi connectivity index (χ0v) is 19.4. The molecule has 35 heavy (non-hydrogen) atoms. The van der Waals surface area contributed by atoms with Gasteiger partial charge in [0.2, 0.25) is 0 Å². The molecular formula is C26H26N5O4. The number of benzene rings is 1. The standard InChI is InChI=1S/C26H26N5O4/c1-33-22-14-19(16-27-17-22)23-15-18-6-7-28-26(32)24(18)25(30-23)29-20-2-4-21(5-3-20)35-13-10-31-8-11-34-12-9-31/h2-7,14-17H,8-13H2,1H3,(H,29,30). The normalized spacial score (nSPS) is 15.3. The minimum absolute atomic E-state index is 0.337. The van der Waals surface area contributed by atoms with E-state index < -0.39 is 0 Å². The van der Waals surface area contributed by atoms with Crippen molar-refractivity contribution in [3.05, 3.63) is 66.1 Å². The maximum atomic E-state index is 12.6. The lowest BCUT2D eigenvalue weighted by molar-refractivity contribution is 0.0322. The summed E-state index contributed by atoms with van der Waals surface area (Å²) in [4.78, 5) is 23.9. The van der Waals surface area contributed by atoms with Crippen molar-refractivity contribution in [1.29, 1.82) is 0 Å². The molecule has 2 aliphatic rings. The monoisotopic (exact) mass is 472 g/mol. The van der Waals surface area contributed by atoms with E-state index in [1.807, 2.05) is 36.4 Å². The van der Waals surface area contributed by atoms with E-state index >= 15 is 0 Å². The van der Waals surface area contributed by atoms with Gasteiger partial charge in [0.15, 0.2) is 0 Å². The Morgan fingerprint density at radius 2 is 1.91 bits per heavy atom. The summed E-state index contributed by atoms with van der Waals surface area (Å²) in [6.07, 6.45) is 6.65. The smallest absolute Gasteiger partial charge is 0.281 e. The van der Waals surface area contributed by atoms with E-state index in [4.69, 9.17) is 19.2 Å². The number of methoxy groups -OCH3 is 1. The van der Waals surface area contributed by atoms with Gasteiger partial charge in [-0.1, -0.05) is 0 Å². The molecule has 2 aromatic heterocycles. The van der Waals surface area contributed by atoms with Crippen molar-refractivity contribution in [2.45, 2.75) is 0 Å². The van der Waals surface area contributed by atoms with E-state index in [1.54, 1.807) is 25.6 Å². The highest BCUT2D eigenvalue weighted by atomic mass is 16.5. The fraction of sp³-hybridized carbons (Fsp3) is 0.269. The highest BCUT2D eigenvalue weighted by Crippen LogP contribution is 2.31. The van der Waals surface area contributed by atoms with Crippen LogP contribution in [-0.4, -0.2) is 67.3 Å². The zero-order valence-electron chi connectivity index (χ0n) is 19.4. The molecule has 1 aromatic carbocycles. The second-order valence-corrected chi connectivity index (χ2v) is 8.14. The second-order valence-electron chi connectivity index (χ2n) is 8.14. The molecule has 0 aliphatic carbocycles. The molecule has 1 amide bonds. The average Bonchev–Trinajstić information content (AvgIpc) is 2.90. The first-order valence-corrected chi connectivity index (χ1v) is 11.5. The Morgan fingerprint density at radius 1 is 1.09 bits per heavy atom. The molecule has 179 valence electrons. The highest BCUT2D eigenvalue weighted by Gasteiger charge is 2.22. The van der Waals surface area contributed by atoms with Crippen molar-refractivity contribution in [3.63, 3.8) is 0 Å². The molecule has 3 aromatic rings. The predicted molar refractivity (Wildman–Crippen MR) is 132 cm³/mol. The Bertz CT molecular complexity index is 1220. The van der Waals surface area contributed by atoms with Crippen molar-refractivity contribution in [1.82, 2.24) is 20.2 Å². The average molecular weight is 473 g/mol. The minimum Gasteiger partial charge on any atom is -0.495 e. The number of amides is 1. The van der Waals surface area contributed by atoms with Gasteiger partial charge in [-0.25, -0.2) is 10.3 Å². The molecule has 1 saturated heterocycles. The van der Waals surface area contributed by atoms with Gasteiger partial charge in [0.05, 0.1) is 37.8 Å². The Morgan fingerprint density at radius 3 is 2.71 bits per heavy atom. The van der Waals surface area contributed by atoms with E-state index in [-0.39, 0.29) is 5.91 Å². The summed E-state index contributed by atoms with van der Waals surface area (Å²) in [6, 6.07) is 11.3. The first-order valence-electron chi connectivity index (χ1n) is 11.5. The van der Waals surface area contributed by atoms with Crippen LogP contribution in [0.5, 0.6) is 11.5 Å². The van der Waals surface area contributed by atoms with Crippen LogP contribution in [0, 0.1) is 0 Å². The van der Waals surface area contributed by atoms with Gasteiger partial charge in [-0.2, -0.15) is 0 Å². The van der Waals surface area contributed by atoms with Crippen molar-refractivity contribution in [2.75, 3.05) is 51.9 Å². The number of pyridine rings is 2. The molecule has 0 saturated carbocycles. The topological polar surface area (TPSA) is 99.9 Å². The number of nitrogens with zero attached hydrogens (tertiary/aromatic N) is 4. The molecule has 0 unspecified atom stereocenters. The second kappa shape index (κ2) is 10.5. The molecule has 0 spiro atoms. The Hall–Kier alpha value is -3.95. The summed E-state index contributed by atoms with van der Waals surface area (Å²) < 4.78 is 16.6. The van der Waals surface area contributed by atoms with Crippen LogP contribution in [0.25, 0.3) is 17.3 Å². The maximum Gasteiger partial charge on any atom is 0.281 e. The fourth-order valence-corrected chi connectivity index (χ4v) is 3.97. The van der Waals surface area contributed by atoms with Crippen LogP contribution in [0.15, 0.2) is 55.0 Å². The van der Waals surface area contributed by atoms with Crippen LogP contribution in [0.2, 0.25) is 0 Å². The van der Waals surface area contributed by atoms with Crippen molar-refractivity contribution in [3.8, 4) is 22.8 Å². The number of morpholine rings is 1. The number of aromatic nitrogens is 2. The first kappa shape index (κ1) is 22.8. The van der Waals surface area contributed by atoms with Gasteiger partial charge in [0, 0.05) is 43.3 Å². The largest absolute Gasteiger partial charge is 0.495 e. The molecule has 0 atom stereocenters. The Balaban J connectivity index is 1.34. The Labute approximate surface area is 203 Å². The number of ether oxygens (including phenoxy) is 3. The van der Waals surface area contributed by atoms with Crippen LogP contribution < -0.4 is 20.1 Å². The summed E-state index contributed by atoms with van der Waals surface area (Å²) in [7, 11) is 1.59. The maximum absolute atomic E-state index is 12.6. The number of hydrogen-bond donors (Lipinski definition) is 1. The van der Waals surface area contributed by atoms with Gasteiger partial charge < -0.3 is 19.5 Å². The SMILES string of the molecule is COc1cncc(-c2cc3c(c(Nc4ccc(OCCN5CCOCC5)cc4)n2)C(=O)[N]C=C3)c1. The van der Waals surface area contributed by atoms with Gasteiger partial charge in [-0.15, -0.1) is 0 Å². The first-order chi connectivity index (χ1) is 17.2. The molecule has 4 heterocycles. The van der Waals surface area contributed by atoms with E-state index in [0.29, 0.717) is 29.4 Å². The summed E-state index contributed by atoms with van der Waals surface area (Å²) in [5, 5.41) is 7.21. The van der Waals surface area contributed by atoms with Crippen LogP contribution in [-0.2, 0) is 4.74 Å². The van der Waals surface area contributed by atoms with Gasteiger partial charge >= 0.3 is 0 Å². The molecule has 0 bridgehead atoms. The fourth-order valence-electron chi connectivity index (χ4n) is 3.97. The molecular weight excluding hydrogens is 446 g/mol. The minimum atomic E-state index is -0.337. The predicted octanol–water partition coefficient (Wildman–Crippen LogP) is 3.34. The highest BCUT2D eigenvalue weighted by molar-refractivity contribution is 6.05. The van der Waals surface area contributed by atoms with E-state index in [9.17, 15) is 4.79 Å². The number of hydrogen-bond acceptors (Lipinski definition) is 8. The van der Waals surface area contributed by atoms with Crippen molar-refractivity contribution >= 4 is 23.5 Å². The summed E-state index contributed by atoms with van der Waals surface area (Å²) in [5.74, 6) is 1.50. The van der Waals surface area contributed by atoms with Gasteiger partial charge in [-0.05, 0) is 48.0 Å². The molecule has 9 nitrogen and oxygen atoms in total. The number of anilines is 2. The van der Waals surface area contributed by atoms with E-state index in [0.717, 1.165) is 55.4 Å². The number of nitrogens with one attached hydrogen (secondary N) is 1. The van der Waals surface area contributed by atoms with Crippen molar-refractivity contribution in [2.24, 2.45) is 0 Å². The Kier molecular flexibility index (Phi) is 6.87. The number of rotatable bonds is 8. The van der Waals surface area contributed by atoms with Crippen LogP contribution in [0.1, 0.15) is 15.9 Å². The lowest BCUT2D eigenvalue weighted by atomic mass is 10.0. The number of fused-ring (bicyclic) bond motifs is 1. The van der Waals surface area contributed by atoms with E-state index in [1.165, 1.54) is 6.20 Å². The number of carbonyl (C=O) groups excluding carboxylic acids is 1. The number of carbonyl (C=O) groups is 1. The lowest BCUT2D eigenvalue weighted by Crippen LogP contribution is -2.38. The van der Waals surface area contributed by atoms with E-state index in [2.05, 4.69) is 20.5 Å². The summed E-state index contributed by atoms with van der Waals surface area (Å²) in [5.41, 5.74) is 3.40. The van der Waals surface area contributed by atoms with Crippen LogP contribution in [0.3, 0.4) is 0 Å². The van der Waals surface area contributed by atoms with Crippen LogP contribution in [0.4, 0.5) is 11.5 Å². The quantitative estimate of drug-likeness (QED) is 0.533. The molecule has 1 fully saturated rings. The molecule has 5 rings (SSSR count). The van der Waals surface area contributed by atoms with Gasteiger partial charge in [0.1, 0.15) is 23.9 Å². The molecule has 1 N–H and O–H groups in total. The zero-order chi connectivity index (χ0) is 24.0. The third-order valence-corrected chi connectivity index (χ3v) is 5.85. The summed E-state index contributed by atoms with van der Waals surface area (Å²) >= 11 is 0. The van der Waals surface area contributed by atoms with Crippen LogP contribution >= 0.6 is 0 Å². The van der Waals surface area contributed by atoms with Gasteiger partial charge in [-0.3, -0.25) is 14.7 Å². The van der Waals surface area contributed by atoms with Crippen molar-refractivity contribution < 1.29 is 19.0 Å². The summed E-state index contributed by atoms with van der Waals surface area (Å²) in [6.45, 7) is 4.91.